The highest BCUT2D eigenvalue weighted by Crippen LogP contribution is 2.37. The Labute approximate surface area is 156 Å². The van der Waals surface area contributed by atoms with Gasteiger partial charge in [-0.05, 0) is 43.2 Å². The third kappa shape index (κ3) is 3.22. The smallest absolute Gasteiger partial charge is 0.232 e. The SMILES string of the molecule is C[C@H]1Cc2cc(-c3csc(NCc4ccco4)n3)ccc2N1S(C)(=O)=O. The molecule has 26 heavy (non-hydrogen) atoms. The number of nitrogens with zero attached hydrogens (tertiary/aromatic N) is 2. The van der Waals surface area contributed by atoms with Crippen LogP contribution < -0.4 is 9.62 Å². The summed E-state index contributed by atoms with van der Waals surface area (Å²) in [5.41, 5.74) is 3.69. The second-order valence-electron chi connectivity index (χ2n) is 6.43. The van der Waals surface area contributed by atoms with Crippen LogP contribution in [0.4, 0.5) is 10.8 Å². The average Bonchev–Trinajstić information content (AvgIpc) is 3.30. The van der Waals surface area contributed by atoms with Crippen LogP contribution in [-0.2, 0) is 23.0 Å². The van der Waals surface area contributed by atoms with Gasteiger partial charge in [0.15, 0.2) is 5.13 Å². The molecule has 0 spiro atoms. The zero-order valence-corrected chi connectivity index (χ0v) is 16.1. The lowest BCUT2D eigenvalue weighted by Crippen LogP contribution is -2.34. The first-order valence-electron chi connectivity index (χ1n) is 8.26. The summed E-state index contributed by atoms with van der Waals surface area (Å²) in [6, 6.07) is 9.57. The van der Waals surface area contributed by atoms with Crippen LogP contribution in [0, 0.1) is 0 Å². The average molecular weight is 390 g/mol. The van der Waals surface area contributed by atoms with Gasteiger partial charge in [-0.2, -0.15) is 0 Å². The van der Waals surface area contributed by atoms with E-state index in [0.29, 0.717) is 13.0 Å². The summed E-state index contributed by atoms with van der Waals surface area (Å²) in [5, 5.41) is 6.07. The van der Waals surface area contributed by atoms with Crippen molar-refractivity contribution in [3.8, 4) is 11.3 Å². The van der Waals surface area contributed by atoms with Gasteiger partial charge in [-0.15, -0.1) is 11.3 Å². The van der Waals surface area contributed by atoms with Crippen LogP contribution in [0.25, 0.3) is 11.3 Å². The van der Waals surface area contributed by atoms with Crippen LogP contribution >= 0.6 is 11.3 Å². The topological polar surface area (TPSA) is 75.4 Å². The van der Waals surface area contributed by atoms with Gasteiger partial charge < -0.3 is 9.73 Å². The molecule has 0 saturated carbocycles. The van der Waals surface area contributed by atoms with Crippen molar-refractivity contribution < 1.29 is 12.8 Å². The number of sulfonamides is 1. The Morgan fingerprint density at radius 3 is 2.96 bits per heavy atom. The molecule has 3 aromatic rings. The predicted octanol–water partition coefficient (Wildman–Crippen LogP) is 3.73. The normalized spacial score (nSPS) is 16.7. The zero-order valence-electron chi connectivity index (χ0n) is 14.5. The highest BCUT2D eigenvalue weighted by Gasteiger charge is 2.32. The summed E-state index contributed by atoms with van der Waals surface area (Å²) in [6.45, 7) is 2.52. The minimum absolute atomic E-state index is 0.0591. The van der Waals surface area contributed by atoms with Crippen LogP contribution in [0.3, 0.4) is 0 Å². The van der Waals surface area contributed by atoms with Gasteiger partial charge in [0.05, 0.1) is 30.4 Å². The molecule has 0 aliphatic carbocycles. The lowest BCUT2D eigenvalue weighted by atomic mass is 10.1. The van der Waals surface area contributed by atoms with E-state index >= 15 is 0 Å². The number of nitrogens with one attached hydrogen (secondary N) is 1. The highest BCUT2D eigenvalue weighted by molar-refractivity contribution is 7.92. The van der Waals surface area contributed by atoms with Crippen LogP contribution in [0.15, 0.2) is 46.4 Å². The fraction of sp³-hybridized carbons (Fsp3) is 0.278. The van der Waals surface area contributed by atoms with E-state index in [1.807, 2.05) is 42.6 Å². The molecule has 1 atom stereocenters. The lowest BCUT2D eigenvalue weighted by Gasteiger charge is -2.21. The molecule has 2 aromatic heterocycles. The quantitative estimate of drug-likeness (QED) is 0.720. The fourth-order valence-electron chi connectivity index (χ4n) is 3.33. The molecule has 0 bridgehead atoms. The first-order chi connectivity index (χ1) is 12.4. The minimum Gasteiger partial charge on any atom is -0.467 e. The summed E-state index contributed by atoms with van der Waals surface area (Å²) in [4.78, 5) is 4.63. The van der Waals surface area contributed by atoms with E-state index in [9.17, 15) is 8.42 Å². The maximum Gasteiger partial charge on any atom is 0.232 e. The molecule has 1 aromatic carbocycles. The summed E-state index contributed by atoms with van der Waals surface area (Å²) >= 11 is 1.53. The zero-order chi connectivity index (χ0) is 18.3. The molecule has 1 aliphatic rings. The molecule has 0 saturated heterocycles. The fourth-order valence-corrected chi connectivity index (χ4v) is 5.31. The van der Waals surface area contributed by atoms with E-state index in [1.54, 1.807) is 6.26 Å². The Kier molecular flexibility index (Phi) is 4.24. The molecule has 1 aliphatic heterocycles. The van der Waals surface area contributed by atoms with Gasteiger partial charge in [-0.25, -0.2) is 13.4 Å². The van der Waals surface area contributed by atoms with Crippen molar-refractivity contribution >= 4 is 32.2 Å². The molecule has 3 heterocycles. The lowest BCUT2D eigenvalue weighted by molar-refractivity contribution is 0.518. The van der Waals surface area contributed by atoms with E-state index in [2.05, 4.69) is 10.3 Å². The second-order valence-corrected chi connectivity index (χ2v) is 9.14. The van der Waals surface area contributed by atoms with Gasteiger partial charge >= 0.3 is 0 Å². The Bertz CT molecular complexity index is 1030. The number of fused-ring (bicyclic) bond motifs is 1. The molecular formula is C18H19N3O3S2. The number of furan rings is 1. The molecule has 8 heteroatoms. The van der Waals surface area contributed by atoms with Crippen LogP contribution in [0.5, 0.6) is 0 Å². The molecule has 0 unspecified atom stereocenters. The van der Waals surface area contributed by atoms with Crippen molar-refractivity contribution in [1.29, 1.82) is 0 Å². The van der Waals surface area contributed by atoms with Crippen molar-refractivity contribution in [2.75, 3.05) is 15.9 Å². The number of benzene rings is 1. The Morgan fingerprint density at radius 2 is 2.23 bits per heavy atom. The third-order valence-corrected chi connectivity index (χ3v) is 6.45. The summed E-state index contributed by atoms with van der Waals surface area (Å²) in [5.74, 6) is 0.856. The second kappa shape index (κ2) is 6.44. The molecule has 0 amide bonds. The van der Waals surface area contributed by atoms with E-state index in [4.69, 9.17) is 4.42 Å². The van der Waals surface area contributed by atoms with Gasteiger partial charge in [0.25, 0.3) is 0 Å². The first kappa shape index (κ1) is 17.1. The van der Waals surface area contributed by atoms with E-state index in [0.717, 1.165) is 33.4 Å². The van der Waals surface area contributed by atoms with Crippen molar-refractivity contribution in [2.45, 2.75) is 25.9 Å². The number of hydrogen-bond donors (Lipinski definition) is 1. The largest absolute Gasteiger partial charge is 0.467 e. The van der Waals surface area contributed by atoms with Gasteiger partial charge in [-0.1, -0.05) is 6.07 Å². The molecule has 136 valence electrons. The molecule has 1 N–H and O–H groups in total. The molecule has 0 fully saturated rings. The number of aromatic nitrogens is 1. The van der Waals surface area contributed by atoms with Gasteiger partial charge in [-0.3, -0.25) is 4.31 Å². The van der Waals surface area contributed by atoms with E-state index in [-0.39, 0.29) is 6.04 Å². The summed E-state index contributed by atoms with van der Waals surface area (Å²) < 4.78 is 30.9. The van der Waals surface area contributed by atoms with Crippen LogP contribution in [0.2, 0.25) is 0 Å². The van der Waals surface area contributed by atoms with Crippen molar-refractivity contribution in [2.24, 2.45) is 0 Å². The number of rotatable bonds is 5. The maximum atomic E-state index is 12.0. The van der Waals surface area contributed by atoms with Crippen molar-refractivity contribution in [1.82, 2.24) is 4.98 Å². The minimum atomic E-state index is -3.27. The Balaban J connectivity index is 1.56. The number of thiazole rings is 1. The van der Waals surface area contributed by atoms with Crippen molar-refractivity contribution in [3.63, 3.8) is 0 Å². The van der Waals surface area contributed by atoms with Gasteiger partial charge in [0.1, 0.15) is 5.76 Å². The predicted molar refractivity (Wildman–Crippen MR) is 104 cm³/mol. The third-order valence-electron chi connectivity index (χ3n) is 4.38. The summed E-state index contributed by atoms with van der Waals surface area (Å²) in [7, 11) is -3.27. The molecule has 0 radical (unpaired) electrons. The summed E-state index contributed by atoms with van der Waals surface area (Å²) in [6.07, 6.45) is 3.61. The molecule has 6 nitrogen and oxygen atoms in total. The van der Waals surface area contributed by atoms with Crippen LogP contribution in [-0.4, -0.2) is 25.7 Å². The Hall–Kier alpha value is -2.32. The molecular weight excluding hydrogens is 370 g/mol. The van der Waals surface area contributed by atoms with Gasteiger partial charge in [0, 0.05) is 17.0 Å². The standard InChI is InChI=1S/C18H19N3O3S2/c1-12-8-14-9-13(5-6-17(14)21(12)26(2,22)23)16-11-25-18(20-16)19-10-15-4-3-7-24-15/h3-7,9,11-12H,8,10H2,1-2H3,(H,19,20)/t12-/m0/s1. The van der Waals surface area contributed by atoms with Gasteiger partial charge in [0.2, 0.25) is 10.0 Å². The molecule has 4 rings (SSSR count). The van der Waals surface area contributed by atoms with Crippen molar-refractivity contribution in [3.05, 3.63) is 53.3 Å². The number of hydrogen-bond acceptors (Lipinski definition) is 6. The maximum absolute atomic E-state index is 12.0. The number of anilines is 2. The first-order valence-corrected chi connectivity index (χ1v) is 11.0. The monoisotopic (exact) mass is 389 g/mol. The van der Waals surface area contributed by atoms with Crippen LogP contribution in [0.1, 0.15) is 18.2 Å². The van der Waals surface area contributed by atoms with E-state index in [1.165, 1.54) is 21.9 Å². The van der Waals surface area contributed by atoms with E-state index < -0.39 is 10.0 Å². The highest BCUT2D eigenvalue weighted by atomic mass is 32.2. The Morgan fingerprint density at radius 1 is 1.38 bits per heavy atom.